The Kier molecular flexibility index (Phi) is 5.87. The van der Waals surface area contributed by atoms with Crippen LogP contribution in [-0.4, -0.2) is 62.4 Å². The zero-order valence-corrected chi connectivity index (χ0v) is 12.6. The molecule has 0 saturated carbocycles. The monoisotopic (exact) mass is 341 g/mol. The zero-order valence-electron chi connectivity index (χ0n) is 12.6. The van der Waals surface area contributed by atoms with Crippen molar-refractivity contribution in [3.63, 3.8) is 0 Å². The second kappa shape index (κ2) is 7.88. The molecule has 0 aliphatic carbocycles. The van der Waals surface area contributed by atoms with E-state index in [0.717, 1.165) is 4.57 Å². The average Bonchev–Trinajstić information content (AvgIpc) is 2.84. The molecule has 1 aromatic heterocycles. The Hall–Kier alpha value is -2.47. The maximum Gasteiger partial charge on any atom is 0.351 e. The molecular formula is C13H19N5O6. The van der Waals surface area contributed by atoms with Gasteiger partial charge in [0, 0.05) is 18.5 Å². The predicted molar refractivity (Wildman–Crippen MR) is 81.2 cm³/mol. The number of carbonyl (C=O) groups excluding carboxylic acids is 1. The Labute approximate surface area is 136 Å². The number of nitrogens with two attached hydrogens (primary N) is 1. The summed E-state index contributed by atoms with van der Waals surface area (Å²) >= 11 is 0. The van der Waals surface area contributed by atoms with Gasteiger partial charge in [-0.2, -0.15) is 4.98 Å². The van der Waals surface area contributed by atoms with E-state index in [2.05, 4.69) is 15.6 Å². The number of aromatic nitrogens is 2. The summed E-state index contributed by atoms with van der Waals surface area (Å²) in [6.07, 6.45) is -0.195. The number of rotatable bonds is 2. The van der Waals surface area contributed by atoms with Crippen molar-refractivity contribution < 1.29 is 24.9 Å². The topological polar surface area (TPSA) is 172 Å². The van der Waals surface area contributed by atoms with Crippen LogP contribution < -0.4 is 22.1 Å². The highest BCUT2D eigenvalue weighted by atomic mass is 16.6. The van der Waals surface area contributed by atoms with E-state index in [1.807, 2.05) is 0 Å². The number of ether oxygens (including phenoxy) is 1. The summed E-state index contributed by atoms with van der Waals surface area (Å²) in [5.41, 5.74) is 4.63. The van der Waals surface area contributed by atoms with Crippen LogP contribution in [0.25, 0.3) is 0 Å². The lowest BCUT2D eigenvalue weighted by molar-refractivity contribution is -0.116. The normalized spacial score (nSPS) is 28.5. The molecule has 3 heterocycles. The van der Waals surface area contributed by atoms with Gasteiger partial charge in [-0.15, -0.1) is 0 Å². The minimum Gasteiger partial charge on any atom is -0.394 e. The van der Waals surface area contributed by atoms with Crippen molar-refractivity contribution in [3.8, 4) is 0 Å². The van der Waals surface area contributed by atoms with E-state index in [1.165, 1.54) is 18.3 Å². The number of amides is 1. The third kappa shape index (κ3) is 4.08. The molecule has 3 rings (SSSR count). The molecule has 11 heteroatoms. The maximum atomic E-state index is 11.5. The lowest BCUT2D eigenvalue weighted by atomic mass is 10.1. The van der Waals surface area contributed by atoms with Crippen LogP contribution >= 0.6 is 0 Å². The fraction of sp³-hybridized carbons (Fsp3) is 0.462. The molecule has 7 N–H and O–H groups in total. The Bertz CT molecular complexity index is 662. The van der Waals surface area contributed by atoms with E-state index in [0.29, 0.717) is 6.67 Å². The van der Waals surface area contributed by atoms with Gasteiger partial charge >= 0.3 is 5.69 Å². The molecule has 2 aliphatic rings. The first-order chi connectivity index (χ1) is 11.4. The molecule has 0 spiro atoms. The number of aliphatic hydroxyl groups excluding tert-OH is 3. The maximum absolute atomic E-state index is 11.5. The van der Waals surface area contributed by atoms with Gasteiger partial charge in [0.25, 0.3) is 0 Å². The lowest BCUT2D eigenvalue weighted by Gasteiger charge is -2.16. The highest BCUT2D eigenvalue weighted by Crippen LogP contribution is 2.27. The van der Waals surface area contributed by atoms with Gasteiger partial charge < -0.3 is 36.4 Å². The van der Waals surface area contributed by atoms with E-state index in [4.69, 9.17) is 15.6 Å². The first-order valence-electron chi connectivity index (χ1n) is 7.09. The number of nitrogen functional groups attached to an aromatic ring is 1. The number of nitrogens with one attached hydrogen (secondary N) is 2. The number of nitrogens with zero attached hydrogens (tertiary/aromatic N) is 2. The van der Waals surface area contributed by atoms with Crippen molar-refractivity contribution in [2.24, 2.45) is 0 Å². The van der Waals surface area contributed by atoms with Crippen molar-refractivity contribution in [3.05, 3.63) is 35.0 Å². The van der Waals surface area contributed by atoms with Crippen LogP contribution in [0.5, 0.6) is 0 Å². The van der Waals surface area contributed by atoms with E-state index in [9.17, 15) is 19.8 Å². The summed E-state index contributed by atoms with van der Waals surface area (Å²) in [6, 6.07) is 1.37. The smallest absolute Gasteiger partial charge is 0.351 e. The Morgan fingerprint density at radius 1 is 1.38 bits per heavy atom. The molecule has 1 aromatic rings. The SMILES string of the molecule is Nc1ccn(C2O[C@H](CO)C(O)[C@H]2O)c(=O)n1.O=C1C=CNCN1. The Balaban J connectivity index is 0.000000249. The van der Waals surface area contributed by atoms with Crippen molar-refractivity contribution >= 4 is 11.7 Å². The molecule has 24 heavy (non-hydrogen) atoms. The Morgan fingerprint density at radius 3 is 2.58 bits per heavy atom. The number of hydrogen-bond donors (Lipinski definition) is 6. The number of aliphatic hydroxyl groups is 3. The first kappa shape index (κ1) is 17.9. The van der Waals surface area contributed by atoms with Crippen LogP contribution in [0.4, 0.5) is 5.82 Å². The van der Waals surface area contributed by atoms with Crippen molar-refractivity contribution in [1.29, 1.82) is 0 Å². The van der Waals surface area contributed by atoms with Gasteiger partial charge in [-0.1, -0.05) is 0 Å². The molecule has 132 valence electrons. The highest BCUT2D eigenvalue weighted by Gasteiger charge is 2.43. The van der Waals surface area contributed by atoms with Gasteiger partial charge in [-0.25, -0.2) is 4.79 Å². The van der Waals surface area contributed by atoms with E-state index >= 15 is 0 Å². The second-order valence-electron chi connectivity index (χ2n) is 5.03. The van der Waals surface area contributed by atoms with Gasteiger partial charge in [0.15, 0.2) is 6.23 Å². The van der Waals surface area contributed by atoms with Crippen LogP contribution in [-0.2, 0) is 9.53 Å². The molecule has 1 saturated heterocycles. The van der Waals surface area contributed by atoms with Gasteiger partial charge in [0.1, 0.15) is 24.1 Å². The minimum absolute atomic E-state index is 0.0289. The molecule has 1 amide bonds. The summed E-state index contributed by atoms with van der Waals surface area (Å²) in [5, 5.41) is 33.5. The number of hydrogen-bond acceptors (Lipinski definition) is 9. The minimum atomic E-state index is -1.31. The Morgan fingerprint density at radius 2 is 2.12 bits per heavy atom. The largest absolute Gasteiger partial charge is 0.394 e. The molecule has 2 unspecified atom stereocenters. The molecule has 4 atom stereocenters. The van der Waals surface area contributed by atoms with Crippen LogP contribution in [0.3, 0.4) is 0 Å². The highest BCUT2D eigenvalue weighted by molar-refractivity contribution is 5.87. The van der Waals surface area contributed by atoms with Crippen molar-refractivity contribution in [2.75, 3.05) is 19.0 Å². The van der Waals surface area contributed by atoms with E-state index < -0.39 is 36.8 Å². The summed E-state index contributed by atoms with van der Waals surface area (Å²) in [4.78, 5) is 25.2. The van der Waals surface area contributed by atoms with Crippen LogP contribution in [0.2, 0.25) is 0 Å². The van der Waals surface area contributed by atoms with E-state index in [1.54, 1.807) is 6.20 Å². The van der Waals surface area contributed by atoms with Gasteiger partial charge in [0.2, 0.25) is 5.91 Å². The zero-order chi connectivity index (χ0) is 17.7. The van der Waals surface area contributed by atoms with Crippen molar-refractivity contribution in [2.45, 2.75) is 24.5 Å². The first-order valence-corrected chi connectivity index (χ1v) is 7.09. The summed E-state index contributed by atoms with van der Waals surface area (Å²) in [7, 11) is 0. The van der Waals surface area contributed by atoms with E-state index in [-0.39, 0.29) is 11.7 Å². The molecule has 11 nitrogen and oxygen atoms in total. The number of carbonyl (C=O) groups is 1. The van der Waals surface area contributed by atoms with Crippen LogP contribution in [0.1, 0.15) is 6.23 Å². The fourth-order valence-electron chi connectivity index (χ4n) is 2.12. The van der Waals surface area contributed by atoms with Gasteiger partial charge in [-0.3, -0.25) is 9.36 Å². The van der Waals surface area contributed by atoms with Crippen LogP contribution in [0, 0.1) is 0 Å². The fourth-order valence-corrected chi connectivity index (χ4v) is 2.12. The standard InChI is InChI=1S/C9H13N3O5.C4H6N2O/c10-5-1-2-12(9(16)11-5)8-7(15)6(14)4(3-13)17-8;7-4-1-2-5-3-6-4/h1-2,4,6-8,13-15H,3H2,(H2,10,11,16);1-2,5H,3H2,(H,6,7)/t4-,6?,7-,8?;/m1./s1. The molecule has 0 aromatic carbocycles. The molecule has 2 aliphatic heterocycles. The summed E-state index contributed by atoms with van der Waals surface area (Å²) in [5.74, 6) is 0.0248. The van der Waals surface area contributed by atoms with Gasteiger partial charge in [-0.05, 0) is 6.07 Å². The third-order valence-electron chi connectivity index (χ3n) is 3.36. The molecule has 1 fully saturated rings. The number of anilines is 1. The summed E-state index contributed by atoms with van der Waals surface area (Å²) < 4.78 is 6.19. The predicted octanol–water partition coefficient (Wildman–Crippen LogP) is -3.39. The molecule has 0 radical (unpaired) electrons. The second-order valence-corrected chi connectivity index (χ2v) is 5.03. The molecule has 0 bridgehead atoms. The quantitative estimate of drug-likeness (QED) is 0.321. The lowest BCUT2D eigenvalue weighted by Crippen LogP contribution is -2.36. The molecular weight excluding hydrogens is 322 g/mol. The van der Waals surface area contributed by atoms with Gasteiger partial charge in [0.05, 0.1) is 13.3 Å². The van der Waals surface area contributed by atoms with Crippen molar-refractivity contribution in [1.82, 2.24) is 20.2 Å². The van der Waals surface area contributed by atoms with Crippen LogP contribution in [0.15, 0.2) is 29.3 Å². The average molecular weight is 341 g/mol. The summed E-state index contributed by atoms with van der Waals surface area (Å²) in [6.45, 7) is 0.0984. The third-order valence-corrected chi connectivity index (χ3v) is 3.36.